The van der Waals surface area contributed by atoms with Gasteiger partial charge in [0.25, 0.3) is 0 Å². The van der Waals surface area contributed by atoms with E-state index in [-0.39, 0.29) is 5.91 Å². The Balaban J connectivity index is 1.66. The van der Waals surface area contributed by atoms with Gasteiger partial charge in [0, 0.05) is 55.8 Å². The van der Waals surface area contributed by atoms with E-state index < -0.39 is 0 Å². The lowest BCUT2D eigenvalue weighted by Crippen LogP contribution is -2.49. The average Bonchev–Trinajstić information content (AvgIpc) is 2.95. The lowest BCUT2D eigenvalue weighted by molar-refractivity contribution is -0.126. The SMILES string of the molecule is C=CC(=O)N1CCN(c2nc(OCC(CC)CCC)nc3c2CCN(c2c(C)ccc(N)c2C=N)C3)CC1. The zero-order chi connectivity index (χ0) is 27.2. The molecule has 9 heteroatoms. The van der Waals surface area contributed by atoms with Gasteiger partial charge in [-0.2, -0.15) is 9.97 Å². The first-order valence-corrected chi connectivity index (χ1v) is 13.7. The molecule has 1 atom stereocenters. The van der Waals surface area contributed by atoms with Crippen molar-refractivity contribution in [3.05, 3.63) is 47.2 Å². The van der Waals surface area contributed by atoms with Crippen LogP contribution < -0.4 is 20.3 Å². The van der Waals surface area contributed by atoms with Crippen molar-refractivity contribution in [2.24, 2.45) is 5.92 Å². The van der Waals surface area contributed by atoms with Gasteiger partial charge in [0.1, 0.15) is 5.82 Å². The molecule has 0 aliphatic carbocycles. The highest BCUT2D eigenvalue weighted by atomic mass is 16.5. The fourth-order valence-electron chi connectivity index (χ4n) is 5.48. The van der Waals surface area contributed by atoms with Crippen LogP contribution in [0.25, 0.3) is 0 Å². The third-order valence-corrected chi connectivity index (χ3v) is 7.72. The van der Waals surface area contributed by atoms with E-state index >= 15 is 0 Å². The molecule has 0 radical (unpaired) electrons. The number of aromatic nitrogens is 2. The number of anilines is 3. The van der Waals surface area contributed by atoms with Crippen molar-refractivity contribution >= 4 is 29.3 Å². The first kappa shape index (κ1) is 27.4. The maximum Gasteiger partial charge on any atom is 0.318 e. The molecule has 204 valence electrons. The first-order valence-electron chi connectivity index (χ1n) is 13.7. The van der Waals surface area contributed by atoms with Crippen molar-refractivity contribution in [3.8, 4) is 6.01 Å². The van der Waals surface area contributed by atoms with Crippen LogP contribution in [0.1, 0.15) is 55.5 Å². The molecule has 2 aromatic rings. The van der Waals surface area contributed by atoms with E-state index in [0.717, 1.165) is 66.1 Å². The van der Waals surface area contributed by atoms with Crippen LogP contribution in [-0.2, 0) is 17.8 Å². The van der Waals surface area contributed by atoms with E-state index in [0.29, 0.717) is 56.9 Å². The van der Waals surface area contributed by atoms with E-state index in [2.05, 4.69) is 37.1 Å². The summed E-state index contributed by atoms with van der Waals surface area (Å²) in [5.41, 5.74) is 11.7. The molecule has 1 amide bonds. The Morgan fingerprint density at radius 2 is 1.95 bits per heavy atom. The van der Waals surface area contributed by atoms with Gasteiger partial charge >= 0.3 is 6.01 Å². The molecular weight excluding hydrogens is 478 g/mol. The smallest absolute Gasteiger partial charge is 0.318 e. The summed E-state index contributed by atoms with van der Waals surface area (Å²) in [5.74, 6) is 1.35. The van der Waals surface area contributed by atoms with Crippen LogP contribution in [0.15, 0.2) is 24.8 Å². The van der Waals surface area contributed by atoms with Gasteiger partial charge in [0.05, 0.1) is 24.5 Å². The Morgan fingerprint density at radius 3 is 2.61 bits per heavy atom. The van der Waals surface area contributed by atoms with E-state index in [1.54, 1.807) is 0 Å². The fourth-order valence-corrected chi connectivity index (χ4v) is 5.48. The van der Waals surface area contributed by atoms with Crippen LogP contribution in [0.2, 0.25) is 0 Å². The number of amides is 1. The number of benzene rings is 1. The van der Waals surface area contributed by atoms with E-state index in [1.165, 1.54) is 12.3 Å². The lowest BCUT2D eigenvalue weighted by atomic mass is 10.00. The average molecular weight is 520 g/mol. The minimum atomic E-state index is -0.0323. The van der Waals surface area contributed by atoms with E-state index in [4.69, 9.17) is 25.8 Å². The van der Waals surface area contributed by atoms with Gasteiger partial charge in [-0.15, -0.1) is 0 Å². The second-order valence-electron chi connectivity index (χ2n) is 10.2. The van der Waals surface area contributed by atoms with Crippen LogP contribution in [0, 0.1) is 18.3 Å². The molecule has 0 saturated carbocycles. The van der Waals surface area contributed by atoms with Gasteiger partial charge in [-0.25, -0.2) is 0 Å². The number of nitrogens with one attached hydrogen (secondary N) is 1. The Hall–Kier alpha value is -3.62. The zero-order valence-electron chi connectivity index (χ0n) is 23.0. The van der Waals surface area contributed by atoms with Crippen LogP contribution >= 0.6 is 0 Å². The second-order valence-corrected chi connectivity index (χ2v) is 10.2. The molecule has 1 aromatic carbocycles. The summed E-state index contributed by atoms with van der Waals surface area (Å²) in [6.07, 6.45) is 6.79. The number of nitrogen functional groups attached to an aromatic ring is 1. The Morgan fingerprint density at radius 1 is 1.18 bits per heavy atom. The third-order valence-electron chi connectivity index (χ3n) is 7.72. The first-order chi connectivity index (χ1) is 18.4. The summed E-state index contributed by atoms with van der Waals surface area (Å²) in [6, 6.07) is 4.28. The van der Waals surface area contributed by atoms with Gasteiger partial charge in [-0.3, -0.25) is 4.79 Å². The predicted octanol–water partition coefficient (Wildman–Crippen LogP) is 3.97. The highest BCUT2D eigenvalue weighted by Gasteiger charge is 2.29. The molecule has 1 saturated heterocycles. The molecule has 4 rings (SSSR count). The maximum absolute atomic E-state index is 12.1. The summed E-state index contributed by atoms with van der Waals surface area (Å²) in [4.78, 5) is 28.3. The number of nitrogens with zero attached hydrogens (tertiary/aromatic N) is 5. The molecule has 38 heavy (non-hydrogen) atoms. The van der Waals surface area contributed by atoms with Gasteiger partial charge in [-0.1, -0.05) is 39.3 Å². The Bertz CT molecular complexity index is 1170. The highest BCUT2D eigenvalue weighted by molar-refractivity contribution is 5.94. The molecule has 0 bridgehead atoms. The van der Waals surface area contributed by atoms with Crippen molar-refractivity contribution in [2.45, 2.75) is 53.0 Å². The number of hydrogen-bond acceptors (Lipinski definition) is 8. The molecule has 2 aliphatic heterocycles. The molecular formula is C29H41N7O2. The van der Waals surface area contributed by atoms with Crippen molar-refractivity contribution in [2.75, 3.05) is 54.9 Å². The van der Waals surface area contributed by atoms with Gasteiger partial charge in [0.2, 0.25) is 5.91 Å². The summed E-state index contributed by atoms with van der Waals surface area (Å²) in [6.45, 7) is 14.7. The van der Waals surface area contributed by atoms with Crippen LogP contribution in [0.3, 0.4) is 0 Å². The summed E-state index contributed by atoms with van der Waals surface area (Å²) in [5, 5.41) is 7.98. The number of carbonyl (C=O) groups excluding carboxylic acids is 1. The van der Waals surface area contributed by atoms with E-state index in [9.17, 15) is 4.79 Å². The number of nitrogens with two attached hydrogens (primary N) is 1. The summed E-state index contributed by atoms with van der Waals surface area (Å²) < 4.78 is 6.21. The second kappa shape index (κ2) is 12.3. The zero-order valence-corrected chi connectivity index (χ0v) is 23.0. The molecule has 1 aromatic heterocycles. The molecule has 3 N–H and O–H groups in total. The van der Waals surface area contributed by atoms with Crippen molar-refractivity contribution < 1.29 is 9.53 Å². The molecule has 0 spiro atoms. The standard InChI is InChI=1S/C29H41N7O2/c1-5-8-21(6-2)19-38-29-32-25-18-36(27-20(4)9-10-24(31)23(27)17-30)12-11-22(25)28(33-29)35-15-13-34(14-16-35)26(37)7-3/h7,9-10,17,21,30H,3,5-6,8,11-16,18-19,31H2,1-2,4H3. The van der Waals surface area contributed by atoms with Gasteiger partial charge in [-0.05, 0) is 43.4 Å². The van der Waals surface area contributed by atoms with Crippen LogP contribution in [0.4, 0.5) is 17.2 Å². The fraction of sp³-hybridized carbons (Fsp3) is 0.517. The van der Waals surface area contributed by atoms with Crippen molar-refractivity contribution in [1.29, 1.82) is 5.41 Å². The number of ether oxygens (including phenoxy) is 1. The maximum atomic E-state index is 12.1. The molecule has 9 nitrogen and oxygen atoms in total. The number of carbonyl (C=O) groups is 1. The van der Waals surface area contributed by atoms with Gasteiger partial charge in [0.15, 0.2) is 0 Å². The van der Waals surface area contributed by atoms with Gasteiger partial charge < -0.3 is 30.6 Å². The lowest BCUT2D eigenvalue weighted by Gasteiger charge is -2.38. The minimum Gasteiger partial charge on any atom is -0.463 e. The number of aryl methyl sites for hydroxylation is 1. The van der Waals surface area contributed by atoms with Crippen molar-refractivity contribution in [1.82, 2.24) is 14.9 Å². The van der Waals surface area contributed by atoms with E-state index in [1.807, 2.05) is 17.0 Å². The van der Waals surface area contributed by atoms with Crippen LogP contribution in [0.5, 0.6) is 6.01 Å². The quantitative estimate of drug-likeness (QED) is 0.278. The summed E-state index contributed by atoms with van der Waals surface area (Å²) in [7, 11) is 0. The molecule has 1 fully saturated rings. The predicted molar refractivity (Wildman–Crippen MR) is 153 cm³/mol. The van der Waals surface area contributed by atoms with Crippen LogP contribution in [-0.4, -0.2) is 66.3 Å². The molecule has 1 unspecified atom stereocenters. The molecule has 2 aliphatic rings. The Labute approximate surface area is 226 Å². The highest BCUT2D eigenvalue weighted by Crippen LogP contribution is 2.35. The molecule has 3 heterocycles. The third kappa shape index (κ3) is 5.76. The normalized spacial score (nSPS) is 16.1. The number of piperazine rings is 1. The summed E-state index contributed by atoms with van der Waals surface area (Å²) >= 11 is 0. The van der Waals surface area contributed by atoms with Crippen molar-refractivity contribution in [3.63, 3.8) is 0 Å². The minimum absolute atomic E-state index is 0.0323. The largest absolute Gasteiger partial charge is 0.463 e. The number of fused-ring (bicyclic) bond motifs is 1. The Kier molecular flexibility index (Phi) is 8.86. The topological polar surface area (TPSA) is 112 Å². The monoisotopic (exact) mass is 519 g/mol. The number of hydrogen-bond donors (Lipinski definition) is 2. The number of rotatable bonds is 10.